The number of hydrogen-bond donors (Lipinski definition) is 3. The van der Waals surface area contributed by atoms with Crippen LogP contribution in [-0.2, 0) is 16.2 Å². The van der Waals surface area contributed by atoms with Gasteiger partial charge < -0.3 is 10.2 Å². The lowest BCUT2D eigenvalue weighted by atomic mass is 9.99. The molecule has 2 rings (SSSR count). The van der Waals surface area contributed by atoms with Gasteiger partial charge in [-0.25, -0.2) is 9.59 Å². The molecule has 2 atom stereocenters. The van der Waals surface area contributed by atoms with E-state index in [1.165, 1.54) is 0 Å². The topological polar surface area (TPSA) is 99.1 Å². The fraction of sp³-hybridized carbons (Fsp3) is 0.429. The Kier molecular flexibility index (Phi) is 5.13. The fourth-order valence-electron chi connectivity index (χ4n) is 2.35. The number of amides is 1. The monoisotopic (exact) mass is 294 g/mol. The van der Waals surface area contributed by atoms with Crippen molar-refractivity contribution in [2.45, 2.75) is 31.5 Å². The average Bonchev–Trinajstić information content (AvgIpc) is 2.48. The molecule has 1 fully saturated rings. The second kappa shape index (κ2) is 7.05. The van der Waals surface area contributed by atoms with E-state index in [1.54, 1.807) is 0 Å². The molecule has 0 saturated carbocycles. The molecule has 7 heteroatoms. The highest BCUT2D eigenvalue weighted by molar-refractivity contribution is 5.79. The largest absolute Gasteiger partial charge is 0.480 e. The van der Waals surface area contributed by atoms with Crippen LogP contribution >= 0.6 is 0 Å². The number of carboxylic acids is 1. The minimum atomic E-state index is -1.23. The molecule has 1 aliphatic rings. The number of aliphatic carboxylic acids is 1. The molecule has 1 heterocycles. The van der Waals surface area contributed by atoms with Crippen molar-refractivity contribution < 1.29 is 24.6 Å². The maximum Gasteiger partial charge on any atom is 0.408 e. The molecular weight excluding hydrogens is 276 g/mol. The van der Waals surface area contributed by atoms with E-state index in [-0.39, 0.29) is 19.0 Å². The van der Waals surface area contributed by atoms with E-state index >= 15 is 0 Å². The number of nitrogens with one attached hydrogen (secondary N) is 1. The van der Waals surface area contributed by atoms with Gasteiger partial charge in [-0.2, -0.15) is 5.48 Å². The summed E-state index contributed by atoms with van der Waals surface area (Å²) in [6.45, 7) is 0.466. The normalized spacial score (nSPS) is 22.0. The van der Waals surface area contributed by atoms with Gasteiger partial charge in [0.05, 0.1) is 12.6 Å². The smallest absolute Gasteiger partial charge is 0.408 e. The standard InChI is InChI=1S/C14H18N2O5/c17-13(18)12-7-6-11(8-16(12)14(19)20)15-21-9-10-4-2-1-3-5-10/h1-5,11-12,15H,6-9H2,(H,17,18)(H,19,20)/t11-,12+/m1/s1. The summed E-state index contributed by atoms with van der Waals surface area (Å²) in [5.74, 6) is -1.11. The third-order valence-corrected chi connectivity index (χ3v) is 3.44. The Balaban J connectivity index is 1.82. The summed E-state index contributed by atoms with van der Waals surface area (Å²) in [4.78, 5) is 28.4. The molecule has 0 aliphatic carbocycles. The van der Waals surface area contributed by atoms with Crippen molar-refractivity contribution in [3.63, 3.8) is 0 Å². The van der Waals surface area contributed by atoms with Crippen molar-refractivity contribution in [2.75, 3.05) is 6.54 Å². The van der Waals surface area contributed by atoms with E-state index in [9.17, 15) is 9.59 Å². The molecule has 0 radical (unpaired) electrons. The van der Waals surface area contributed by atoms with Gasteiger partial charge in [0.15, 0.2) is 0 Å². The number of nitrogens with zero attached hydrogens (tertiary/aromatic N) is 1. The average molecular weight is 294 g/mol. The van der Waals surface area contributed by atoms with Gasteiger partial charge in [-0.3, -0.25) is 9.74 Å². The lowest BCUT2D eigenvalue weighted by Gasteiger charge is -2.35. The summed E-state index contributed by atoms with van der Waals surface area (Å²) >= 11 is 0. The quantitative estimate of drug-likeness (QED) is 0.708. The van der Waals surface area contributed by atoms with Crippen LogP contribution in [0.5, 0.6) is 0 Å². The molecule has 1 saturated heterocycles. The molecule has 0 bridgehead atoms. The summed E-state index contributed by atoms with van der Waals surface area (Å²) in [6.07, 6.45) is -0.402. The minimum absolute atomic E-state index is 0.0983. The van der Waals surface area contributed by atoms with Crippen molar-refractivity contribution in [3.05, 3.63) is 35.9 Å². The highest BCUT2D eigenvalue weighted by Crippen LogP contribution is 2.18. The highest BCUT2D eigenvalue weighted by Gasteiger charge is 2.36. The van der Waals surface area contributed by atoms with E-state index in [1.807, 2.05) is 30.3 Å². The van der Waals surface area contributed by atoms with Crippen LogP contribution in [-0.4, -0.2) is 45.8 Å². The second-order valence-corrected chi connectivity index (χ2v) is 4.96. The van der Waals surface area contributed by atoms with Gasteiger partial charge in [-0.05, 0) is 18.4 Å². The zero-order valence-electron chi connectivity index (χ0n) is 11.4. The van der Waals surface area contributed by atoms with Crippen LogP contribution in [0.3, 0.4) is 0 Å². The number of benzene rings is 1. The predicted molar refractivity (Wildman–Crippen MR) is 73.5 cm³/mol. The number of carbonyl (C=O) groups is 2. The molecule has 0 spiro atoms. The van der Waals surface area contributed by atoms with Gasteiger partial charge in [0, 0.05) is 6.54 Å². The molecule has 114 valence electrons. The van der Waals surface area contributed by atoms with Crippen molar-refractivity contribution in [3.8, 4) is 0 Å². The molecule has 1 aromatic carbocycles. The Morgan fingerprint density at radius 2 is 1.95 bits per heavy atom. The Hall–Kier alpha value is -2.12. The molecule has 0 aromatic heterocycles. The summed E-state index contributed by atoms with van der Waals surface area (Å²) < 4.78 is 0. The summed E-state index contributed by atoms with van der Waals surface area (Å²) in [5.41, 5.74) is 3.82. The third kappa shape index (κ3) is 4.17. The van der Waals surface area contributed by atoms with Crippen LogP contribution in [0.1, 0.15) is 18.4 Å². The predicted octanol–water partition coefficient (Wildman–Crippen LogP) is 1.30. The van der Waals surface area contributed by atoms with E-state index < -0.39 is 18.1 Å². The second-order valence-electron chi connectivity index (χ2n) is 4.96. The van der Waals surface area contributed by atoms with Gasteiger partial charge in [0.25, 0.3) is 0 Å². The molecule has 1 aromatic rings. The van der Waals surface area contributed by atoms with Crippen LogP contribution < -0.4 is 5.48 Å². The van der Waals surface area contributed by atoms with E-state index in [0.717, 1.165) is 10.5 Å². The number of hydrogen-bond acceptors (Lipinski definition) is 4. The Labute approximate surface area is 122 Å². The maximum absolute atomic E-state index is 11.1. The molecule has 21 heavy (non-hydrogen) atoms. The fourth-order valence-corrected chi connectivity index (χ4v) is 2.35. The van der Waals surface area contributed by atoms with E-state index in [2.05, 4.69) is 5.48 Å². The first kappa shape index (κ1) is 15.3. The van der Waals surface area contributed by atoms with Crippen molar-refractivity contribution in [2.24, 2.45) is 0 Å². The highest BCUT2D eigenvalue weighted by atomic mass is 16.6. The van der Waals surface area contributed by atoms with Crippen molar-refractivity contribution in [1.82, 2.24) is 10.4 Å². The first-order valence-electron chi connectivity index (χ1n) is 6.71. The number of carboxylic acid groups (broad SMARTS) is 2. The number of rotatable bonds is 5. The number of hydroxylamine groups is 1. The van der Waals surface area contributed by atoms with Gasteiger partial charge >= 0.3 is 12.1 Å². The molecule has 3 N–H and O–H groups in total. The minimum Gasteiger partial charge on any atom is -0.480 e. The van der Waals surface area contributed by atoms with Crippen LogP contribution in [0.4, 0.5) is 4.79 Å². The summed E-state index contributed by atoms with van der Waals surface area (Å²) in [5, 5.41) is 18.1. The zero-order chi connectivity index (χ0) is 15.2. The molecule has 1 aliphatic heterocycles. The van der Waals surface area contributed by atoms with Crippen molar-refractivity contribution >= 4 is 12.1 Å². The Bertz CT molecular complexity index is 493. The lowest BCUT2D eigenvalue weighted by molar-refractivity contribution is -0.144. The van der Waals surface area contributed by atoms with Gasteiger partial charge in [-0.15, -0.1) is 0 Å². The first-order chi connectivity index (χ1) is 10.1. The van der Waals surface area contributed by atoms with Crippen LogP contribution in [0.15, 0.2) is 30.3 Å². The van der Waals surface area contributed by atoms with Gasteiger partial charge in [0.2, 0.25) is 0 Å². The first-order valence-corrected chi connectivity index (χ1v) is 6.71. The summed E-state index contributed by atoms with van der Waals surface area (Å²) in [7, 11) is 0. The Morgan fingerprint density at radius 3 is 2.57 bits per heavy atom. The van der Waals surface area contributed by atoms with Gasteiger partial charge in [0.1, 0.15) is 6.04 Å². The zero-order valence-corrected chi connectivity index (χ0v) is 11.4. The molecular formula is C14H18N2O5. The van der Waals surface area contributed by atoms with E-state index in [0.29, 0.717) is 13.0 Å². The van der Waals surface area contributed by atoms with Crippen LogP contribution in [0.25, 0.3) is 0 Å². The van der Waals surface area contributed by atoms with Crippen LogP contribution in [0, 0.1) is 0 Å². The molecule has 1 amide bonds. The summed E-state index contributed by atoms with van der Waals surface area (Å²) in [6, 6.07) is 8.38. The number of likely N-dealkylation sites (tertiary alicyclic amines) is 1. The SMILES string of the molecule is O=C(O)[C@@H]1CC[C@@H](NOCc2ccccc2)CN1C(=O)O. The molecule has 7 nitrogen and oxygen atoms in total. The number of piperidine rings is 1. The lowest BCUT2D eigenvalue weighted by Crippen LogP contribution is -2.55. The van der Waals surface area contributed by atoms with Gasteiger partial charge in [-0.1, -0.05) is 30.3 Å². The Morgan fingerprint density at radius 1 is 1.24 bits per heavy atom. The molecule has 0 unspecified atom stereocenters. The third-order valence-electron chi connectivity index (χ3n) is 3.44. The van der Waals surface area contributed by atoms with Crippen LogP contribution in [0.2, 0.25) is 0 Å². The van der Waals surface area contributed by atoms with E-state index in [4.69, 9.17) is 15.1 Å². The maximum atomic E-state index is 11.1. The van der Waals surface area contributed by atoms with Crippen molar-refractivity contribution in [1.29, 1.82) is 0 Å².